The number of piperazine rings is 1. The van der Waals surface area contributed by atoms with Gasteiger partial charge in [0.1, 0.15) is 11.6 Å². The van der Waals surface area contributed by atoms with Gasteiger partial charge >= 0.3 is 0 Å². The number of nitrogens with one attached hydrogen (secondary N) is 1. The fourth-order valence-corrected chi connectivity index (χ4v) is 4.46. The minimum atomic E-state index is 0. The molecule has 0 amide bonds. The van der Waals surface area contributed by atoms with E-state index >= 15 is 0 Å². The lowest BCUT2D eigenvalue weighted by atomic mass is 10.2. The van der Waals surface area contributed by atoms with Gasteiger partial charge < -0.3 is 19.6 Å². The van der Waals surface area contributed by atoms with E-state index in [0.717, 1.165) is 75.6 Å². The average molecular weight is 568 g/mol. The fraction of sp³-hybridized carbons (Fsp3) is 0.625. The van der Waals surface area contributed by atoms with E-state index in [1.165, 1.54) is 31.2 Å². The van der Waals surface area contributed by atoms with Crippen LogP contribution in [0.4, 0.5) is 5.82 Å². The average Bonchev–Trinajstić information content (AvgIpc) is 3.05. The molecule has 2 aliphatic rings. The van der Waals surface area contributed by atoms with Gasteiger partial charge in [0, 0.05) is 64.6 Å². The number of hydrogen-bond donors (Lipinski definition) is 1. The zero-order valence-electron chi connectivity index (χ0n) is 20.0. The molecule has 33 heavy (non-hydrogen) atoms. The number of nitrogens with zero attached hydrogens (tertiary/aromatic N) is 6. The summed E-state index contributed by atoms with van der Waals surface area (Å²) in [5, 5.41) is 7.61. The molecule has 8 nitrogen and oxygen atoms in total. The Morgan fingerprint density at radius 2 is 1.82 bits per heavy atom. The van der Waals surface area contributed by atoms with Gasteiger partial charge in [0.15, 0.2) is 5.96 Å². The second-order valence-corrected chi connectivity index (χ2v) is 8.79. The molecule has 2 fully saturated rings. The molecule has 2 aromatic rings. The van der Waals surface area contributed by atoms with Crippen molar-refractivity contribution >= 4 is 35.8 Å². The van der Waals surface area contributed by atoms with Crippen LogP contribution in [0, 0.1) is 6.92 Å². The van der Waals surface area contributed by atoms with Crippen molar-refractivity contribution in [3.8, 4) is 0 Å². The van der Waals surface area contributed by atoms with Gasteiger partial charge in [0.25, 0.3) is 0 Å². The maximum atomic E-state index is 5.20. The predicted octanol–water partition coefficient (Wildman–Crippen LogP) is 3.66. The third-order valence-corrected chi connectivity index (χ3v) is 6.22. The molecule has 0 bridgehead atoms. The zero-order valence-corrected chi connectivity index (χ0v) is 22.3. The molecular formula is C24H38IN7O. The molecule has 0 spiro atoms. The number of hydrogen-bond acceptors (Lipinski definition) is 6. The van der Waals surface area contributed by atoms with Gasteiger partial charge in [-0.05, 0) is 44.4 Å². The van der Waals surface area contributed by atoms with E-state index in [0.29, 0.717) is 6.54 Å². The molecule has 2 saturated heterocycles. The summed E-state index contributed by atoms with van der Waals surface area (Å²) >= 11 is 0. The summed E-state index contributed by atoms with van der Waals surface area (Å²) in [7, 11) is 0. The van der Waals surface area contributed by atoms with E-state index in [2.05, 4.69) is 49.2 Å². The molecule has 0 saturated carbocycles. The van der Waals surface area contributed by atoms with Crippen molar-refractivity contribution in [2.45, 2.75) is 52.6 Å². The van der Waals surface area contributed by atoms with Crippen LogP contribution < -0.4 is 10.2 Å². The summed E-state index contributed by atoms with van der Waals surface area (Å²) in [4.78, 5) is 16.8. The van der Waals surface area contributed by atoms with Crippen molar-refractivity contribution in [2.24, 2.45) is 4.99 Å². The van der Waals surface area contributed by atoms with Crippen molar-refractivity contribution in [2.75, 3.05) is 50.7 Å². The van der Waals surface area contributed by atoms with Crippen LogP contribution in [0.3, 0.4) is 0 Å². The second kappa shape index (κ2) is 13.1. The van der Waals surface area contributed by atoms with Crippen molar-refractivity contribution in [1.82, 2.24) is 25.3 Å². The smallest absolute Gasteiger partial charge is 0.194 e. The summed E-state index contributed by atoms with van der Waals surface area (Å²) in [5.74, 6) is 2.97. The fourth-order valence-electron chi connectivity index (χ4n) is 4.46. The Hall–Kier alpha value is -1.88. The van der Waals surface area contributed by atoms with Crippen molar-refractivity contribution in [3.05, 3.63) is 41.4 Å². The first-order valence-corrected chi connectivity index (χ1v) is 12.1. The number of aryl methyl sites for hydroxylation is 1. The van der Waals surface area contributed by atoms with E-state index in [9.17, 15) is 0 Å². The summed E-state index contributed by atoms with van der Waals surface area (Å²) in [5.41, 5.74) is 2.23. The van der Waals surface area contributed by atoms with Crippen LogP contribution in [0.25, 0.3) is 0 Å². The highest BCUT2D eigenvalue weighted by molar-refractivity contribution is 14.0. The first-order chi connectivity index (χ1) is 15.7. The van der Waals surface area contributed by atoms with Crippen molar-refractivity contribution < 1.29 is 4.52 Å². The molecule has 2 aliphatic heterocycles. The third kappa shape index (κ3) is 7.56. The third-order valence-electron chi connectivity index (χ3n) is 6.22. The maximum Gasteiger partial charge on any atom is 0.194 e. The van der Waals surface area contributed by atoms with Crippen LogP contribution in [0.15, 0.2) is 33.9 Å². The van der Waals surface area contributed by atoms with E-state index < -0.39 is 0 Å². The summed E-state index contributed by atoms with van der Waals surface area (Å²) in [6.07, 6.45) is 7.12. The molecular weight excluding hydrogens is 529 g/mol. The quantitative estimate of drug-likeness (QED) is 0.325. The van der Waals surface area contributed by atoms with Gasteiger partial charge in [0.2, 0.25) is 0 Å². The van der Waals surface area contributed by atoms with Crippen molar-refractivity contribution in [3.63, 3.8) is 0 Å². The minimum Gasteiger partial charge on any atom is -0.361 e. The van der Waals surface area contributed by atoms with Gasteiger partial charge in [-0.3, -0.25) is 4.90 Å². The highest BCUT2D eigenvalue weighted by Crippen LogP contribution is 2.19. The molecule has 0 unspecified atom stereocenters. The first kappa shape index (κ1) is 25.7. The lowest BCUT2D eigenvalue weighted by Gasteiger charge is -2.36. The number of guanidine groups is 1. The molecule has 1 N–H and O–H groups in total. The van der Waals surface area contributed by atoms with Gasteiger partial charge in [-0.1, -0.05) is 18.0 Å². The maximum absolute atomic E-state index is 5.20. The predicted molar refractivity (Wildman–Crippen MR) is 143 cm³/mol. The Morgan fingerprint density at radius 1 is 1.06 bits per heavy atom. The van der Waals surface area contributed by atoms with Gasteiger partial charge in [-0.2, -0.15) is 0 Å². The van der Waals surface area contributed by atoms with E-state index in [1.54, 1.807) is 0 Å². The van der Waals surface area contributed by atoms with E-state index in [-0.39, 0.29) is 24.0 Å². The van der Waals surface area contributed by atoms with Crippen LogP contribution in [-0.2, 0) is 13.1 Å². The highest BCUT2D eigenvalue weighted by Gasteiger charge is 2.20. The summed E-state index contributed by atoms with van der Waals surface area (Å²) in [6, 6.07) is 6.33. The van der Waals surface area contributed by atoms with Crippen molar-refractivity contribution in [1.29, 1.82) is 0 Å². The zero-order chi connectivity index (χ0) is 22.2. The molecule has 4 rings (SSSR count). The Balaban J connectivity index is 0.00000306. The Morgan fingerprint density at radius 3 is 2.48 bits per heavy atom. The van der Waals surface area contributed by atoms with Crippen LogP contribution >= 0.6 is 24.0 Å². The molecule has 2 aromatic heterocycles. The van der Waals surface area contributed by atoms with Crippen LogP contribution in [0.2, 0.25) is 0 Å². The largest absolute Gasteiger partial charge is 0.361 e. The van der Waals surface area contributed by atoms with Gasteiger partial charge in [-0.25, -0.2) is 9.98 Å². The molecule has 4 heterocycles. The molecule has 182 valence electrons. The van der Waals surface area contributed by atoms with Crippen LogP contribution in [0.5, 0.6) is 0 Å². The van der Waals surface area contributed by atoms with Gasteiger partial charge in [0.05, 0.1) is 12.2 Å². The number of aliphatic imine (C=N–C) groups is 1. The van der Waals surface area contributed by atoms with Crippen LogP contribution in [0.1, 0.15) is 49.6 Å². The topological polar surface area (TPSA) is 73.0 Å². The lowest BCUT2D eigenvalue weighted by Crippen LogP contribution is -2.52. The molecule has 9 heteroatoms. The minimum absolute atomic E-state index is 0. The summed E-state index contributed by atoms with van der Waals surface area (Å²) in [6.45, 7) is 12.6. The number of aromatic nitrogens is 2. The number of pyridine rings is 1. The normalized spacial score (nSPS) is 18.1. The Kier molecular flexibility index (Phi) is 10.2. The first-order valence-electron chi connectivity index (χ1n) is 12.1. The van der Waals surface area contributed by atoms with Crippen LogP contribution in [-0.4, -0.2) is 71.7 Å². The monoisotopic (exact) mass is 567 g/mol. The molecule has 0 radical (unpaired) electrons. The SMILES string of the molecule is CCNC(=NCc1ccnc(N2CCCCCC2)c1)N1CCN(Cc2cc(C)on2)CC1.I. The van der Waals surface area contributed by atoms with E-state index in [1.807, 2.05) is 19.2 Å². The van der Waals surface area contributed by atoms with E-state index in [4.69, 9.17) is 9.52 Å². The summed E-state index contributed by atoms with van der Waals surface area (Å²) < 4.78 is 5.20. The van der Waals surface area contributed by atoms with Gasteiger partial charge in [-0.15, -0.1) is 24.0 Å². The second-order valence-electron chi connectivity index (χ2n) is 8.79. The standard InChI is InChI=1S/C24H37N7O.HI/c1-3-25-24(31-14-12-29(13-15-31)19-22-16-20(2)32-28-22)27-18-21-8-9-26-23(17-21)30-10-6-4-5-7-11-30;/h8-9,16-17H,3-7,10-15,18-19H2,1-2H3,(H,25,27);1H. The lowest BCUT2D eigenvalue weighted by molar-refractivity contribution is 0.169. The molecule has 0 atom stereocenters. The molecule has 0 aliphatic carbocycles. The number of rotatable bonds is 6. The Labute approximate surface area is 214 Å². The number of halogens is 1. The highest BCUT2D eigenvalue weighted by atomic mass is 127. The number of anilines is 1. The Bertz CT molecular complexity index is 871. The molecule has 0 aromatic carbocycles.